The Labute approximate surface area is 174 Å². The van der Waals surface area contributed by atoms with E-state index in [9.17, 15) is 13.6 Å². The number of nitrogens with one attached hydrogen (secondary N) is 1. The summed E-state index contributed by atoms with van der Waals surface area (Å²) in [7, 11) is 1.29. The first-order chi connectivity index (χ1) is 13.7. The molecule has 2 rings (SSSR count). The fraction of sp³-hybridized carbons (Fsp3) is 0.526. The molecule has 162 valence electrons. The predicted octanol–water partition coefficient (Wildman–Crippen LogP) is 2.36. The lowest BCUT2D eigenvalue weighted by Crippen LogP contribution is -2.45. The normalized spacial score (nSPS) is 16.9. The van der Waals surface area contributed by atoms with Crippen molar-refractivity contribution in [2.45, 2.75) is 39.3 Å². The van der Waals surface area contributed by atoms with Crippen LogP contribution < -0.4 is 21.6 Å². The highest BCUT2D eigenvalue weighted by molar-refractivity contribution is 6.31. The van der Waals surface area contributed by atoms with Crippen molar-refractivity contribution < 1.29 is 18.3 Å². The van der Waals surface area contributed by atoms with E-state index in [2.05, 4.69) is 5.32 Å². The van der Waals surface area contributed by atoms with Crippen molar-refractivity contribution in [1.82, 2.24) is 15.2 Å². The number of carbonyl (C=O) groups is 1. The van der Waals surface area contributed by atoms with Gasteiger partial charge in [-0.1, -0.05) is 18.5 Å². The number of rotatable bonds is 8. The summed E-state index contributed by atoms with van der Waals surface area (Å²) in [5.74, 6) is 5.87. The maximum absolute atomic E-state index is 13.2. The highest BCUT2D eigenvalue weighted by Gasteiger charge is 2.32. The summed E-state index contributed by atoms with van der Waals surface area (Å²) < 4.78 is 32.2. The second-order valence-corrected chi connectivity index (χ2v) is 7.10. The van der Waals surface area contributed by atoms with Gasteiger partial charge in [0.15, 0.2) is 0 Å². The molecule has 0 aromatic heterocycles. The van der Waals surface area contributed by atoms with E-state index in [0.29, 0.717) is 36.7 Å². The highest BCUT2D eigenvalue weighted by atomic mass is 35.5. The minimum absolute atomic E-state index is 0.0204. The average Bonchev–Trinajstić information content (AvgIpc) is 2.67. The third kappa shape index (κ3) is 5.09. The van der Waals surface area contributed by atoms with Gasteiger partial charge in [-0.05, 0) is 31.0 Å². The van der Waals surface area contributed by atoms with Crippen molar-refractivity contribution >= 4 is 17.5 Å². The molecule has 10 heteroatoms. The smallest absolute Gasteiger partial charge is 0.281 e. The number of ether oxygens (including phenoxy) is 1. The van der Waals surface area contributed by atoms with Crippen LogP contribution in [0.15, 0.2) is 23.5 Å². The standard InChI is InChI=1S/C19H28ClF2N5O2/c1-4-15(28)27(5-2)19-16-11(8-9-25-19)12(20)6-7-14(16)29-10-13(23)17(18(21)22)26(3)24/h6-7,18-19,25H,4-5,8-10,23-24H2,1-3H3/b17-13-. The lowest BCUT2D eigenvalue weighted by Gasteiger charge is -2.37. The second-order valence-electron chi connectivity index (χ2n) is 6.69. The molecular weight excluding hydrogens is 404 g/mol. The van der Waals surface area contributed by atoms with Gasteiger partial charge in [0.2, 0.25) is 5.91 Å². The summed E-state index contributed by atoms with van der Waals surface area (Å²) in [5.41, 5.74) is 6.72. The number of fused-ring (bicyclic) bond motifs is 1. The lowest BCUT2D eigenvalue weighted by molar-refractivity contribution is -0.134. The maximum atomic E-state index is 13.2. The summed E-state index contributed by atoms with van der Waals surface area (Å²) in [5, 5.41) is 4.68. The van der Waals surface area contributed by atoms with E-state index < -0.39 is 18.3 Å². The van der Waals surface area contributed by atoms with Crippen LogP contribution >= 0.6 is 11.6 Å². The minimum Gasteiger partial charge on any atom is -0.487 e. The summed E-state index contributed by atoms with van der Waals surface area (Å²) in [4.78, 5) is 14.1. The number of alkyl halides is 2. The Hall–Kier alpha value is -2.10. The van der Waals surface area contributed by atoms with E-state index >= 15 is 0 Å². The molecule has 1 atom stereocenters. The molecule has 1 aromatic carbocycles. The number of carbonyl (C=O) groups excluding carboxylic acids is 1. The summed E-state index contributed by atoms with van der Waals surface area (Å²) in [6.45, 7) is 4.54. The van der Waals surface area contributed by atoms with Crippen LogP contribution in [-0.4, -0.2) is 49.0 Å². The first-order valence-corrected chi connectivity index (χ1v) is 9.82. The molecule has 0 saturated carbocycles. The molecule has 1 unspecified atom stereocenters. The number of hydrogen-bond acceptors (Lipinski definition) is 6. The van der Waals surface area contributed by atoms with Crippen molar-refractivity contribution in [1.29, 1.82) is 0 Å². The number of amides is 1. The van der Waals surface area contributed by atoms with Crippen molar-refractivity contribution in [3.63, 3.8) is 0 Å². The zero-order valence-electron chi connectivity index (χ0n) is 16.8. The van der Waals surface area contributed by atoms with Crippen molar-refractivity contribution in [2.75, 3.05) is 26.7 Å². The Morgan fingerprint density at radius 2 is 2.10 bits per heavy atom. The summed E-state index contributed by atoms with van der Waals surface area (Å²) >= 11 is 6.39. The van der Waals surface area contributed by atoms with Gasteiger partial charge >= 0.3 is 0 Å². The van der Waals surface area contributed by atoms with Crippen LogP contribution in [0.5, 0.6) is 5.75 Å². The Morgan fingerprint density at radius 1 is 1.41 bits per heavy atom. The molecule has 0 radical (unpaired) electrons. The summed E-state index contributed by atoms with van der Waals surface area (Å²) in [6.07, 6.45) is -2.26. The zero-order chi connectivity index (χ0) is 21.7. The van der Waals surface area contributed by atoms with Crippen LogP contribution in [0.3, 0.4) is 0 Å². The van der Waals surface area contributed by atoms with Crippen molar-refractivity contribution in [3.8, 4) is 5.75 Å². The van der Waals surface area contributed by atoms with Crippen LogP contribution in [0.25, 0.3) is 0 Å². The topological polar surface area (TPSA) is 96.8 Å². The SMILES string of the molecule is CCC(=O)N(CC)C1NCCc2c(Cl)ccc(OC/C(N)=C(\C(F)F)N(C)N)c21. The average molecular weight is 432 g/mol. The molecule has 1 aromatic rings. The van der Waals surface area contributed by atoms with Crippen LogP contribution in [0.1, 0.15) is 37.6 Å². The van der Waals surface area contributed by atoms with Gasteiger partial charge < -0.3 is 20.4 Å². The molecule has 0 saturated heterocycles. The molecule has 0 spiro atoms. The van der Waals surface area contributed by atoms with Gasteiger partial charge in [0.25, 0.3) is 6.43 Å². The Bertz CT molecular complexity index is 763. The van der Waals surface area contributed by atoms with E-state index in [-0.39, 0.29) is 18.2 Å². The Balaban J connectivity index is 2.43. The fourth-order valence-electron chi connectivity index (χ4n) is 3.45. The van der Waals surface area contributed by atoms with Crippen molar-refractivity contribution in [2.24, 2.45) is 11.6 Å². The van der Waals surface area contributed by atoms with Gasteiger partial charge in [-0.15, -0.1) is 0 Å². The molecule has 5 N–H and O–H groups in total. The number of halogens is 3. The van der Waals surface area contributed by atoms with E-state index in [0.717, 1.165) is 16.1 Å². The molecule has 29 heavy (non-hydrogen) atoms. The number of allylic oxidation sites excluding steroid dienone is 1. The first-order valence-electron chi connectivity index (χ1n) is 9.44. The molecule has 1 amide bonds. The third-order valence-corrected chi connectivity index (χ3v) is 5.17. The number of benzene rings is 1. The van der Waals surface area contributed by atoms with E-state index in [4.69, 9.17) is 27.9 Å². The van der Waals surface area contributed by atoms with Crippen LogP contribution in [0.4, 0.5) is 8.78 Å². The molecule has 1 heterocycles. The molecule has 0 bridgehead atoms. The van der Waals surface area contributed by atoms with Gasteiger partial charge in [-0.2, -0.15) is 0 Å². The first kappa shape index (κ1) is 23.2. The molecule has 0 aliphatic carbocycles. The van der Waals surface area contributed by atoms with Gasteiger partial charge in [0.1, 0.15) is 24.2 Å². The Kier molecular flexibility index (Phi) is 8.06. The number of hydrazine groups is 1. The van der Waals surface area contributed by atoms with Gasteiger partial charge in [0, 0.05) is 37.1 Å². The monoisotopic (exact) mass is 431 g/mol. The number of nitrogens with two attached hydrogens (primary N) is 2. The molecule has 0 fully saturated rings. The Morgan fingerprint density at radius 3 is 2.66 bits per heavy atom. The van der Waals surface area contributed by atoms with Crippen LogP contribution in [-0.2, 0) is 11.2 Å². The molecule has 1 aliphatic heterocycles. The molecular formula is C19H28ClF2N5O2. The molecule has 1 aliphatic rings. The minimum atomic E-state index is -2.83. The van der Waals surface area contributed by atoms with E-state index in [1.165, 1.54) is 7.05 Å². The third-order valence-electron chi connectivity index (χ3n) is 4.82. The van der Waals surface area contributed by atoms with Crippen LogP contribution in [0, 0.1) is 0 Å². The van der Waals surface area contributed by atoms with E-state index in [1.807, 2.05) is 6.92 Å². The maximum Gasteiger partial charge on any atom is 0.281 e. The van der Waals surface area contributed by atoms with E-state index in [1.54, 1.807) is 24.0 Å². The van der Waals surface area contributed by atoms with Gasteiger partial charge in [-0.3, -0.25) is 10.1 Å². The fourth-order valence-corrected chi connectivity index (χ4v) is 3.71. The van der Waals surface area contributed by atoms with Crippen LogP contribution in [0.2, 0.25) is 5.02 Å². The zero-order valence-corrected chi connectivity index (χ0v) is 17.6. The molecule has 7 nitrogen and oxygen atoms in total. The summed E-state index contributed by atoms with van der Waals surface area (Å²) in [6, 6.07) is 3.35. The quantitative estimate of drug-likeness (QED) is 0.432. The second kappa shape index (κ2) is 10.1. The van der Waals surface area contributed by atoms with Crippen molar-refractivity contribution in [3.05, 3.63) is 39.7 Å². The number of nitrogens with zero attached hydrogens (tertiary/aromatic N) is 2. The van der Waals surface area contributed by atoms with Gasteiger partial charge in [0.05, 0.1) is 5.70 Å². The lowest BCUT2D eigenvalue weighted by atomic mass is 9.96. The predicted molar refractivity (Wildman–Crippen MR) is 108 cm³/mol. The highest BCUT2D eigenvalue weighted by Crippen LogP contribution is 2.38. The number of hydrogen-bond donors (Lipinski definition) is 3. The van der Waals surface area contributed by atoms with Gasteiger partial charge in [-0.25, -0.2) is 14.6 Å². The largest absolute Gasteiger partial charge is 0.487 e.